The van der Waals surface area contributed by atoms with Crippen molar-refractivity contribution in [2.75, 3.05) is 39.3 Å². The van der Waals surface area contributed by atoms with Crippen LogP contribution < -0.4 is 0 Å². The van der Waals surface area contributed by atoms with Crippen LogP contribution in [0.2, 0.25) is 0 Å². The van der Waals surface area contributed by atoms with Crippen molar-refractivity contribution < 1.29 is 18.3 Å². The van der Waals surface area contributed by atoms with E-state index < -0.39 is 11.6 Å². The predicted octanol–water partition coefficient (Wildman–Crippen LogP) is 2.91. The summed E-state index contributed by atoms with van der Waals surface area (Å²) in [6.07, 6.45) is 1.33. The summed E-state index contributed by atoms with van der Waals surface area (Å²) in [6, 6.07) is 9.67. The van der Waals surface area contributed by atoms with Gasteiger partial charge in [0.05, 0.1) is 11.1 Å². The maximum absolute atomic E-state index is 14.0. The molecule has 2 aliphatic heterocycles. The van der Waals surface area contributed by atoms with Gasteiger partial charge in [-0.25, -0.2) is 13.6 Å². The molecule has 0 N–H and O–H groups in total. The van der Waals surface area contributed by atoms with Gasteiger partial charge in [0, 0.05) is 44.8 Å². The highest BCUT2D eigenvalue weighted by atomic mass is 19.1. The number of carbonyl (C=O) groups is 1. The third-order valence-electron chi connectivity index (χ3n) is 5.88. The van der Waals surface area contributed by atoms with E-state index in [9.17, 15) is 13.6 Å². The first kappa shape index (κ1) is 20.5. The second kappa shape index (κ2) is 8.90. The summed E-state index contributed by atoms with van der Waals surface area (Å²) in [6.45, 7) is 5.59. The lowest BCUT2D eigenvalue weighted by atomic mass is 10.0. The Balaban J connectivity index is 1.22. The van der Waals surface area contributed by atoms with Crippen molar-refractivity contribution in [2.45, 2.75) is 19.4 Å². The van der Waals surface area contributed by atoms with Crippen LogP contribution >= 0.6 is 0 Å². The first-order valence-corrected chi connectivity index (χ1v) is 10.1. The Morgan fingerprint density at radius 3 is 2.37 bits per heavy atom. The van der Waals surface area contributed by atoms with Crippen molar-refractivity contribution in [2.24, 2.45) is 0 Å². The first-order chi connectivity index (χ1) is 14.5. The summed E-state index contributed by atoms with van der Waals surface area (Å²) in [5.74, 6) is -1.43. The molecule has 30 heavy (non-hydrogen) atoms. The molecule has 2 aromatic rings. The summed E-state index contributed by atoms with van der Waals surface area (Å²) in [5, 5.41) is 8.77. The number of esters is 1. The van der Waals surface area contributed by atoms with Crippen LogP contribution in [0.1, 0.15) is 32.6 Å². The van der Waals surface area contributed by atoms with Crippen LogP contribution in [0.15, 0.2) is 30.3 Å². The monoisotopic (exact) mass is 411 g/mol. The second-order valence-electron chi connectivity index (χ2n) is 7.79. The number of nitrogens with zero attached hydrogens (tertiary/aromatic N) is 3. The molecule has 2 heterocycles. The van der Waals surface area contributed by atoms with Crippen molar-refractivity contribution in [3.05, 3.63) is 69.8 Å². The molecule has 0 bridgehead atoms. The van der Waals surface area contributed by atoms with E-state index in [1.807, 2.05) is 12.1 Å². The topological polar surface area (TPSA) is 56.6 Å². The minimum Gasteiger partial charge on any atom is -0.457 e. The Bertz CT molecular complexity index is 995. The predicted molar refractivity (Wildman–Crippen MR) is 107 cm³/mol. The number of ether oxygens (including phenoxy) is 1. The van der Waals surface area contributed by atoms with E-state index in [0.29, 0.717) is 30.7 Å². The normalized spacial score (nSPS) is 16.9. The summed E-state index contributed by atoms with van der Waals surface area (Å²) in [4.78, 5) is 16.2. The van der Waals surface area contributed by atoms with Gasteiger partial charge in [-0.3, -0.25) is 0 Å². The van der Waals surface area contributed by atoms with Crippen LogP contribution in [-0.2, 0) is 24.2 Å². The van der Waals surface area contributed by atoms with Gasteiger partial charge in [-0.2, -0.15) is 5.26 Å². The number of benzene rings is 2. The molecule has 0 aromatic heterocycles. The van der Waals surface area contributed by atoms with E-state index in [-0.39, 0.29) is 11.5 Å². The summed E-state index contributed by atoms with van der Waals surface area (Å²) < 4.78 is 32.8. The number of fused-ring (bicyclic) bond motifs is 1. The summed E-state index contributed by atoms with van der Waals surface area (Å²) in [7, 11) is 0. The molecule has 1 saturated heterocycles. The van der Waals surface area contributed by atoms with Crippen LogP contribution in [0.4, 0.5) is 8.78 Å². The largest absolute Gasteiger partial charge is 0.457 e. The van der Waals surface area contributed by atoms with Crippen molar-refractivity contribution in [3.63, 3.8) is 0 Å². The Labute approximate surface area is 174 Å². The van der Waals surface area contributed by atoms with Crippen LogP contribution in [-0.4, -0.2) is 55.0 Å². The van der Waals surface area contributed by atoms with Crippen molar-refractivity contribution in [3.8, 4) is 6.07 Å². The molecule has 0 aliphatic carbocycles. The number of cyclic esters (lactones) is 1. The van der Waals surface area contributed by atoms with E-state index in [1.54, 1.807) is 6.07 Å². The highest BCUT2D eigenvalue weighted by Gasteiger charge is 2.21. The molecule has 7 heteroatoms. The number of nitriles is 1. The van der Waals surface area contributed by atoms with Gasteiger partial charge in [-0.1, -0.05) is 12.1 Å². The lowest BCUT2D eigenvalue weighted by Crippen LogP contribution is -2.47. The minimum atomic E-state index is -0.666. The third-order valence-corrected chi connectivity index (χ3v) is 5.88. The summed E-state index contributed by atoms with van der Waals surface area (Å²) >= 11 is 0. The van der Waals surface area contributed by atoms with E-state index >= 15 is 0 Å². The number of halogens is 2. The van der Waals surface area contributed by atoms with Crippen molar-refractivity contribution >= 4 is 5.97 Å². The molecular formula is C23H23F2N3O2. The molecule has 2 aromatic carbocycles. The van der Waals surface area contributed by atoms with E-state index in [0.717, 1.165) is 56.8 Å². The second-order valence-corrected chi connectivity index (χ2v) is 7.79. The van der Waals surface area contributed by atoms with E-state index in [4.69, 9.17) is 10.00 Å². The Morgan fingerprint density at radius 1 is 0.967 bits per heavy atom. The fraction of sp³-hybridized carbons (Fsp3) is 0.391. The molecule has 0 radical (unpaired) electrons. The van der Waals surface area contributed by atoms with E-state index in [2.05, 4.69) is 15.9 Å². The molecule has 4 rings (SSSR count). The molecule has 0 saturated carbocycles. The van der Waals surface area contributed by atoms with Gasteiger partial charge < -0.3 is 14.5 Å². The number of carbonyl (C=O) groups excluding carboxylic acids is 1. The number of rotatable bonds is 6. The van der Waals surface area contributed by atoms with E-state index in [1.165, 1.54) is 5.56 Å². The zero-order valence-electron chi connectivity index (χ0n) is 16.7. The quantitative estimate of drug-likeness (QED) is 0.685. The number of piperazine rings is 1. The molecule has 2 aliphatic rings. The average molecular weight is 411 g/mol. The summed E-state index contributed by atoms with van der Waals surface area (Å²) in [5.41, 5.74) is 2.90. The number of hydrogen-bond donors (Lipinski definition) is 0. The van der Waals surface area contributed by atoms with Gasteiger partial charge >= 0.3 is 5.97 Å². The lowest BCUT2D eigenvalue weighted by Gasteiger charge is -2.34. The SMILES string of the molecule is N#Cc1cc(F)c(CCN2CCN(CCc3ccc4c(c3)COC4=O)CC2)cc1F. The molecule has 156 valence electrons. The minimum absolute atomic E-state index is 0.240. The molecular weight excluding hydrogens is 388 g/mol. The van der Waals surface area contributed by atoms with Gasteiger partial charge in [0.15, 0.2) is 0 Å². The molecule has 0 amide bonds. The zero-order chi connectivity index (χ0) is 21.1. The highest BCUT2D eigenvalue weighted by Crippen LogP contribution is 2.21. The van der Waals surface area contributed by atoms with Crippen LogP contribution in [0.5, 0.6) is 0 Å². The van der Waals surface area contributed by atoms with Gasteiger partial charge in [-0.05, 0) is 42.2 Å². The molecule has 0 spiro atoms. The van der Waals surface area contributed by atoms with Crippen molar-refractivity contribution in [1.82, 2.24) is 9.80 Å². The Hall–Kier alpha value is -2.82. The smallest absolute Gasteiger partial charge is 0.338 e. The van der Waals surface area contributed by atoms with Gasteiger partial charge in [0.25, 0.3) is 0 Å². The maximum atomic E-state index is 14.0. The zero-order valence-corrected chi connectivity index (χ0v) is 16.7. The van der Waals surface area contributed by atoms with Crippen LogP contribution in [0.25, 0.3) is 0 Å². The highest BCUT2D eigenvalue weighted by molar-refractivity contribution is 5.93. The third kappa shape index (κ3) is 4.50. The van der Waals surface area contributed by atoms with Crippen LogP contribution in [0, 0.1) is 23.0 Å². The Morgan fingerprint density at radius 2 is 1.67 bits per heavy atom. The Kier molecular flexibility index (Phi) is 6.07. The lowest BCUT2D eigenvalue weighted by molar-refractivity contribution is 0.0535. The molecule has 0 unspecified atom stereocenters. The maximum Gasteiger partial charge on any atom is 0.338 e. The molecule has 0 atom stereocenters. The van der Waals surface area contributed by atoms with Crippen LogP contribution in [0.3, 0.4) is 0 Å². The average Bonchev–Trinajstić information content (AvgIpc) is 3.13. The van der Waals surface area contributed by atoms with Gasteiger partial charge in [0.1, 0.15) is 24.3 Å². The molecule has 1 fully saturated rings. The fourth-order valence-electron chi connectivity index (χ4n) is 4.01. The fourth-order valence-corrected chi connectivity index (χ4v) is 4.01. The first-order valence-electron chi connectivity index (χ1n) is 10.1. The molecule has 5 nitrogen and oxygen atoms in total. The van der Waals surface area contributed by atoms with Gasteiger partial charge in [-0.15, -0.1) is 0 Å². The van der Waals surface area contributed by atoms with Crippen molar-refractivity contribution in [1.29, 1.82) is 5.26 Å². The standard InChI is InChI=1S/C23H23F2N3O2/c24-21-13-18(14-26)22(25)12-17(21)4-6-28-9-7-27(8-10-28)5-3-16-1-2-20-19(11-16)15-30-23(20)29/h1-2,11-13H,3-10,15H2. The number of hydrogen-bond acceptors (Lipinski definition) is 5. The van der Waals surface area contributed by atoms with Gasteiger partial charge in [0.2, 0.25) is 0 Å².